The number of aromatic hydroxyl groups is 1. The molecule has 5 aromatic carbocycles. The van der Waals surface area contributed by atoms with Crippen LogP contribution in [0.4, 0.5) is 22.7 Å². The van der Waals surface area contributed by atoms with Crippen LogP contribution in [0, 0.1) is 0 Å². The predicted octanol–water partition coefficient (Wildman–Crippen LogP) is 11.4. The number of carboxylic acid groups (broad SMARTS) is 2. The highest BCUT2D eigenvalue weighted by molar-refractivity contribution is 7.99. The lowest BCUT2D eigenvalue weighted by molar-refractivity contribution is -0.142. The summed E-state index contributed by atoms with van der Waals surface area (Å²) in [6.45, 7) is 8.28. The van der Waals surface area contributed by atoms with Gasteiger partial charge in [-0.15, -0.1) is 23.5 Å². The molecule has 0 saturated carbocycles. The number of aliphatic carboxylic acids is 2. The fourth-order valence-corrected chi connectivity index (χ4v) is 14.3. The molecule has 7 rings (SSSR count). The van der Waals surface area contributed by atoms with Gasteiger partial charge in [0.15, 0.2) is 19.3 Å². The smallest absolute Gasteiger partial charge is 0.341 e. The molecule has 2 aliphatic rings. The molecule has 6 N–H and O–H groups in total. The number of nitrogens with zero attached hydrogens (tertiary/aromatic N) is 2. The summed E-state index contributed by atoms with van der Waals surface area (Å²) in [5.74, 6) is -2.69. The molecule has 1 amide bonds. The van der Waals surface area contributed by atoms with Crippen LogP contribution in [0.2, 0.25) is 0 Å². The van der Waals surface area contributed by atoms with Crippen LogP contribution < -0.4 is 34.0 Å². The van der Waals surface area contributed by atoms with Crippen LogP contribution in [-0.2, 0) is 34.4 Å². The average Bonchev–Trinajstić information content (AvgIpc) is 3.93. The Morgan fingerprint density at radius 3 is 1.35 bits per heavy atom. The number of nitrogens with one attached hydrogen (secondary N) is 3. The number of fused-ring (bicyclic) bond motifs is 2. The quantitative estimate of drug-likeness (QED) is 0.0298. The van der Waals surface area contributed by atoms with Crippen molar-refractivity contribution in [3.05, 3.63) is 115 Å². The Labute approximate surface area is 474 Å². The first-order valence-corrected chi connectivity index (χ1v) is 32.1. The highest BCUT2D eigenvalue weighted by Gasteiger charge is 2.44. The summed E-state index contributed by atoms with van der Waals surface area (Å²) in [6, 6.07) is 30.1. The van der Waals surface area contributed by atoms with E-state index in [4.69, 9.17) is 14.6 Å². The van der Waals surface area contributed by atoms with Crippen molar-refractivity contribution in [2.45, 2.75) is 141 Å². The molecule has 0 bridgehead atoms. The summed E-state index contributed by atoms with van der Waals surface area (Å²) in [7, 11) is -7.93. The van der Waals surface area contributed by atoms with Gasteiger partial charge >= 0.3 is 11.9 Å². The van der Waals surface area contributed by atoms with Crippen LogP contribution in [0.5, 0.6) is 17.2 Å². The van der Waals surface area contributed by atoms with E-state index in [1.165, 1.54) is 59.9 Å². The summed E-state index contributed by atoms with van der Waals surface area (Å²) in [5, 5.41) is 30.7. The number of unbranched alkanes of at least 4 members (excludes halogenated alkanes) is 4. The third-order valence-electron chi connectivity index (χ3n) is 13.9. The molecule has 0 fully saturated rings. The van der Waals surface area contributed by atoms with E-state index in [1.54, 1.807) is 12.1 Å². The van der Waals surface area contributed by atoms with Crippen molar-refractivity contribution in [1.82, 2.24) is 14.8 Å². The molecule has 0 spiro atoms. The fourth-order valence-electron chi connectivity index (χ4n) is 9.93. The Morgan fingerprint density at radius 2 is 1.00 bits per heavy atom. The lowest BCUT2D eigenvalue weighted by Gasteiger charge is -2.37. The number of carbonyl (C=O) groups excluding carboxylic acids is 1. The van der Waals surface area contributed by atoms with E-state index in [9.17, 15) is 41.4 Å². The zero-order valence-corrected chi connectivity index (χ0v) is 49.1. The molecule has 0 radical (unpaired) electrons. The molecule has 0 unspecified atom stereocenters. The molecule has 0 aliphatic carbocycles. The second-order valence-corrected chi connectivity index (χ2v) is 24.9. The monoisotopic (exact) mass is 1160 g/mol. The highest BCUT2D eigenvalue weighted by atomic mass is 32.2. The first-order chi connectivity index (χ1) is 37.8. The van der Waals surface area contributed by atoms with Crippen LogP contribution in [0.3, 0.4) is 0 Å². The van der Waals surface area contributed by atoms with Gasteiger partial charge in [-0.2, -0.15) is 0 Å². The van der Waals surface area contributed by atoms with Gasteiger partial charge in [-0.1, -0.05) is 128 Å². The number of benzene rings is 5. The topological polar surface area (TPSA) is 241 Å². The van der Waals surface area contributed by atoms with E-state index < -0.39 is 68.2 Å². The first-order valence-electron chi connectivity index (χ1n) is 26.7. The Morgan fingerprint density at radius 1 is 0.608 bits per heavy atom. The Hall–Kier alpha value is -5.97. The number of hydrogen-bond donors (Lipinski definition) is 6. The van der Waals surface area contributed by atoms with Crippen LogP contribution >= 0.6 is 23.5 Å². The van der Waals surface area contributed by atoms with Gasteiger partial charge in [0.05, 0.1) is 32.2 Å². The fraction of sp³-hybridized carbons (Fsp3) is 0.431. The van der Waals surface area contributed by atoms with Crippen molar-refractivity contribution in [3.8, 4) is 17.2 Å². The van der Waals surface area contributed by atoms with Crippen molar-refractivity contribution in [3.63, 3.8) is 0 Å². The van der Waals surface area contributed by atoms with E-state index in [1.807, 2.05) is 73.2 Å². The van der Waals surface area contributed by atoms with Crippen LogP contribution in [0.25, 0.3) is 0 Å². The minimum absolute atomic E-state index is 0.0337. The van der Waals surface area contributed by atoms with Gasteiger partial charge in [-0.25, -0.2) is 35.9 Å². The number of rotatable bonds is 25. The number of phenols is 1. The second kappa shape index (κ2) is 28.4. The SMILES string of the molecule is CCCCC1(CCCC)CN(c2ccccc2)c2cc(SC)c(OCC(=O)N[C@@H](C(=O)O)c3ccc(O)cc3)cc2S(=O)(=O)N1.CCCCC1(CCCC)CN(c2ccccc2)c2cc(SC)c(OCC(=O)O)cc2S(=O)(=O)N1. The summed E-state index contributed by atoms with van der Waals surface area (Å²) in [4.78, 5) is 41.5. The molecule has 2 heterocycles. The van der Waals surface area contributed by atoms with Crippen molar-refractivity contribution < 1.29 is 56.0 Å². The van der Waals surface area contributed by atoms with E-state index in [-0.39, 0.29) is 32.6 Å². The number of thioether (sulfide) groups is 2. The number of carbonyl (C=O) groups is 3. The van der Waals surface area contributed by atoms with E-state index in [2.05, 4.69) is 52.3 Å². The summed E-state index contributed by atoms with van der Waals surface area (Å²) in [5.41, 5.74) is 1.82. The number of anilines is 4. The van der Waals surface area contributed by atoms with E-state index in [0.29, 0.717) is 47.1 Å². The Bertz CT molecular complexity index is 3060. The molecule has 2 aliphatic heterocycles. The largest absolute Gasteiger partial charge is 0.508 e. The summed E-state index contributed by atoms with van der Waals surface area (Å²) < 4.78 is 73.4. The number of para-hydroxylation sites is 2. The lowest BCUT2D eigenvalue weighted by Crippen LogP contribution is -2.53. The third kappa shape index (κ3) is 16.1. The van der Waals surface area contributed by atoms with Gasteiger partial charge in [0.2, 0.25) is 20.0 Å². The molecule has 428 valence electrons. The zero-order valence-electron chi connectivity index (χ0n) is 45.8. The average molecular weight is 1160 g/mol. The van der Waals surface area contributed by atoms with Gasteiger partial charge in [0.25, 0.3) is 5.91 Å². The standard InChI is InChI=1S/C33H41N3O7S2.C25H34N2O5S2/c1-4-6-17-33(18-7-5-2)22-36(24-11-9-8-10-12-24)26-19-28(44-3)27(20-29(26)45(41,42)35-33)43-21-30(38)34-31(32(39)40)23-13-15-25(37)16-14-23;1-4-6-13-25(14-7-5-2)18-27(19-11-9-8-10-12-19)20-15-22(33-3)21(32-17-24(28)29)16-23(20)34(30,31)26-25/h8-16,19-20,31,35,37H,4-7,17-18,21-22H2,1-3H3,(H,34,38)(H,39,40);8-12,15-16,26H,4-7,13-14,17-18H2,1-3H3,(H,28,29)/t31-;/m1./s1. The maximum atomic E-state index is 14.1. The van der Waals surface area contributed by atoms with Crippen LogP contribution in [0.15, 0.2) is 129 Å². The van der Waals surface area contributed by atoms with Crippen molar-refractivity contribution >= 4 is 84.2 Å². The van der Waals surface area contributed by atoms with Crippen molar-refractivity contribution in [2.75, 3.05) is 48.6 Å². The zero-order chi connectivity index (χ0) is 57.4. The molecule has 21 heteroatoms. The Balaban J connectivity index is 0.000000265. The van der Waals surface area contributed by atoms with Crippen molar-refractivity contribution in [1.29, 1.82) is 0 Å². The number of amides is 1. The molecular weight excluding hydrogens is 1090 g/mol. The van der Waals surface area contributed by atoms with Gasteiger partial charge in [-0.05, 0) is 92.3 Å². The van der Waals surface area contributed by atoms with Gasteiger partial charge < -0.3 is 39.9 Å². The molecule has 5 aromatic rings. The molecule has 0 saturated heterocycles. The predicted molar refractivity (Wildman–Crippen MR) is 313 cm³/mol. The first kappa shape index (κ1) is 62.2. The maximum absolute atomic E-state index is 14.1. The highest BCUT2D eigenvalue weighted by Crippen LogP contribution is 2.46. The maximum Gasteiger partial charge on any atom is 0.341 e. The number of carboxylic acids is 2. The number of phenolic OH excluding ortho intramolecular Hbond substituents is 1. The van der Waals surface area contributed by atoms with Gasteiger partial charge in [0, 0.05) is 36.6 Å². The van der Waals surface area contributed by atoms with Crippen LogP contribution in [-0.4, -0.2) is 99.9 Å². The summed E-state index contributed by atoms with van der Waals surface area (Å²) in [6.07, 6.45) is 13.9. The molecule has 17 nitrogen and oxygen atoms in total. The minimum Gasteiger partial charge on any atom is -0.508 e. The minimum atomic E-state index is -4.02. The molecule has 79 heavy (non-hydrogen) atoms. The van der Waals surface area contributed by atoms with Gasteiger partial charge in [0.1, 0.15) is 27.0 Å². The van der Waals surface area contributed by atoms with Crippen molar-refractivity contribution in [2.24, 2.45) is 0 Å². The number of sulfonamides is 2. The number of ether oxygens (including phenoxy) is 2. The lowest BCUT2D eigenvalue weighted by atomic mass is 9.87. The molecular formula is C58H75N5O12S4. The normalized spacial score (nSPS) is 16.1. The van der Waals surface area contributed by atoms with E-state index >= 15 is 0 Å². The summed E-state index contributed by atoms with van der Waals surface area (Å²) >= 11 is 2.74. The van der Waals surface area contributed by atoms with E-state index in [0.717, 1.165) is 75.6 Å². The van der Waals surface area contributed by atoms with Gasteiger partial charge in [-0.3, -0.25) is 4.79 Å². The molecule has 1 atom stereocenters. The molecule has 0 aromatic heterocycles. The Kier molecular flexibility index (Phi) is 22.4. The number of hydrogen-bond acceptors (Lipinski definition) is 14. The third-order valence-corrected chi connectivity index (χ3v) is 18.7. The second-order valence-electron chi connectivity index (χ2n) is 19.9. The van der Waals surface area contributed by atoms with Crippen LogP contribution in [0.1, 0.15) is 116 Å².